The summed E-state index contributed by atoms with van der Waals surface area (Å²) in [5.41, 5.74) is 0.166. The van der Waals surface area contributed by atoms with E-state index in [1.165, 1.54) is 12.1 Å². The minimum Gasteiger partial charge on any atom is -0.175 e. The standard InChI is InChI=1S/C8H7F3S.C2H6/c9-8(10,11)7-3-1-6(5-12)2-4-7;1-2/h1-4,12H,5H2;1-2H3. The number of benzene rings is 1. The van der Waals surface area contributed by atoms with E-state index in [4.69, 9.17) is 0 Å². The molecule has 0 bridgehead atoms. The van der Waals surface area contributed by atoms with Gasteiger partial charge in [-0.05, 0) is 17.7 Å². The first-order valence-corrected chi connectivity index (χ1v) is 4.94. The molecule has 0 saturated heterocycles. The minimum absolute atomic E-state index is 0.456. The molecule has 14 heavy (non-hydrogen) atoms. The van der Waals surface area contributed by atoms with Gasteiger partial charge in [-0.2, -0.15) is 25.8 Å². The van der Waals surface area contributed by atoms with Crippen molar-refractivity contribution in [1.82, 2.24) is 0 Å². The van der Waals surface area contributed by atoms with E-state index in [1.54, 1.807) is 0 Å². The van der Waals surface area contributed by atoms with Crippen LogP contribution in [0, 0.1) is 0 Å². The predicted octanol–water partition coefficient (Wildman–Crippen LogP) is 4.16. The maximum absolute atomic E-state index is 12.0. The largest absolute Gasteiger partial charge is 0.416 e. The van der Waals surface area contributed by atoms with Crippen molar-refractivity contribution in [3.8, 4) is 0 Å². The third-order valence-corrected chi connectivity index (χ3v) is 1.83. The first-order valence-electron chi connectivity index (χ1n) is 4.31. The zero-order chi connectivity index (χ0) is 11.2. The molecule has 0 fully saturated rings. The van der Waals surface area contributed by atoms with Gasteiger partial charge in [-0.1, -0.05) is 26.0 Å². The van der Waals surface area contributed by atoms with E-state index < -0.39 is 11.7 Å². The van der Waals surface area contributed by atoms with Crippen molar-refractivity contribution < 1.29 is 13.2 Å². The molecule has 0 atom stereocenters. The van der Waals surface area contributed by atoms with Gasteiger partial charge >= 0.3 is 6.18 Å². The van der Waals surface area contributed by atoms with Crippen molar-refractivity contribution in [2.45, 2.75) is 25.8 Å². The number of hydrogen-bond acceptors (Lipinski definition) is 1. The SMILES string of the molecule is CC.FC(F)(F)c1ccc(CS)cc1. The van der Waals surface area contributed by atoms with Gasteiger partial charge < -0.3 is 0 Å². The van der Waals surface area contributed by atoms with Crippen molar-refractivity contribution >= 4 is 12.6 Å². The van der Waals surface area contributed by atoms with Gasteiger partial charge in [-0.25, -0.2) is 0 Å². The number of hydrogen-bond donors (Lipinski definition) is 1. The monoisotopic (exact) mass is 222 g/mol. The topological polar surface area (TPSA) is 0 Å². The van der Waals surface area contributed by atoms with Crippen LogP contribution in [0.3, 0.4) is 0 Å². The van der Waals surface area contributed by atoms with Crippen LogP contribution in [-0.2, 0) is 11.9 Å². The first-order chi connectivity index (χ1) is 6.54. The predicted molar refractivity (Wildman–Crippen MR) is 55.5 cm³/mol. The van der Waals surface area contributed by atoms with E-state index in [1.807, 2.05) is 13.8 Å². The van der Waals surface area contributed by atoms with Gasteiger partial charge in [-0.15, -0.1) is 0 Å². The highest BCUT2D eigenvalue weighted by molar-refractivity contribution is 7.79. The molecule has 0 N–H and O–H groups in total. The first kappa shape index (κ1) is 13.4. The fourth-order valence-electron chi connectivity index (χ4n) is 0.799. The number of alkyl halides is 3. The highest BCUT2D eigenvalue weighted by Gasteiger charge is 2.29. The van der Waals surface area contributed by atoms with E-state index in [-0.39, 0.29) is 0 Å². The quantitative estimate of drug-likeness (QED) is 0.678. The van der Waals surface area contributed by atoms with Crippen LogP contribution in [0.15, 0.2) is 24.3 Å². The summed E-state index contributed by atoms with van der Waals surface area (Å²) in [4.78, 5) is 0. The van der Waals surface area contributed by atoms with Crippen LogP contribution in [-0.4, -0.2) is 0 Å². The summed E-state index contributed by atoms with van der Waals surface area (Å²) in [6.07, 6.45) is -4.24. The molecule has 0 saturated carbocycles. The fourth-order valence-corrected chi connectivity index (χ4v) is 1.01. The number of halogens is 3. The molecule has 4 heteroatoms. The van der Waals surface area contributed by atoms with Crippen molar-refractivity contribution in [1.29, 1.82) is 0 Å². The summed E-state index contributed by atoms with van der Waals surface area (Å²) in [6, 6.07) is 4.97. The van der Waals surface area contributed by atoms with Crippen molar-refractivity contribution in [2.24, 2.45) is 0 Å². The maximum Gasteiger partial charge on any atom is 0.416 e. The van der Waals surface area contributed by atoms with E-state index >= 15 is 0 Å². The highest BCUT2D eigenvalue weighted by atomic mass is 32.1. The van der Waals surface area contributed by atoms with Crippen LogP contribution in [0.5, 0.6) is 0 Å². The smallest absolute Gasteiger partial charge is 0.175 e. The maximum atomic E-state index is 12.0. The van der Waals surface area contributed by atoms with Crippen LogP contribution in [0.2, 0.25) is 0 Å². The fraction of sp³-hybridized carbons (Fsp3) is 0.400. The molecule has 0 heterocycles. The second-order valence-electron chi connectivity index (χ2n) is 2.35. The van der Waals surface area contributed by atoms with Crippen LogP contribution >= 0.6 is 12.6 Å². The molecular weight excluding hydrogens is 209 g/mol. The Kier molecular flexibility index (Phi) is 5.69. The van der Waals surface area contributed by atoms with Gasteiger partial charge in [0.25, 0.3) is 0 Å². The lowest BCUT2D eigenvalue weighted by atomic mass is 10.1. The molecule has 0 spiro atoms. The lowest BCUT2D eigenvalue weighted by Gasteiger charge is -2.06. The molecule has 0 nitrogen and oxygen atoms in total. The van der Waals surface area contributed by atoms with E-state index in [0.29, 0.717) is 5.75 Å². The Morgan fingerprint density at radius 1 is 1.07 bits per heavy atom. The van der Waals surface area contributed by atoms with Gasteiger partial charge in [-0.3, -0.25) is 0 Å². The van der Waals surface area contributed by atoms with Gasteiger partial charge in [0, 0.05) is 5.75 Å². The zero-order valence-corrected chi connectivity index (χ0v) is 8.99. The average Bonchev–Trinajstić information content (AvgIpc) is 2.20. The van der Waals surface area contributed by atoms with Crippen LogP contribution < -0.4 is 0 Å². The Hall–Kier alpha value is -0.640. The Bertz CT molecular complexity index is 251. The molecule has 0 amide bonds. The Morgan fingerprint density at radius 2 is 1.50 bits per heavy atom. The van der Waals surface area contributed by atoms with Crippen LogP contribution in [0.1, 0.15) is 25.0 Å². The molecule has 0 aliphatic carbocycles. The second kappa shape index (κ2) is 5.96. The van der Waals surface area contributed by atoms with Gasteiger partial charge in [0.1, 0.15) is 0 Å². The van der Waals surface area contributed by atoms with Crippen molar-refractivity contribution in [3.05, 3.63) is 35.4 Å². The van der Waals surface area contributed by atoms with Crippen molar-refractivity contribution in [3.63, 3.8) is 0 Å². The summed E-state index contributed by atoms with van der Waals surface area (Å²) >= 11 is 3.94. The lowest BCUT2D eigenvalue weighted by Crippen LogP contribution is -2.04. The Balaban J connectivity index is 0.000000791. The average molecular weight is 222 g/mol. The van der Waals surface area contributed by atoms with Gasteiger partial charge in [0.2, 0.25) is 0 Å². The molecule has 1 aromatic carbocycles. The minimum atomic E-state index is -4.24. The summed E-state index contributed by atoms with van der Waals surface area (Å²) in [7, 11) is 0. The zero-order valence-electron chi connectivity index (χ0n) is 8.10. The van der Waals surface area contributed by atoms with Gasteiger partial charge in [0.05, 0.1) is 5.56 Å². The molecule has 0 aromatic heterocycles. The number of rotatable bonds is 1. The normalized spacial score (nSPS) is 10.4. The van der Waals surface area contributed by atoms with Gasteiger partial charge in [0.15, 0.2) is 0 Å². The van der Waals surface area contributed by atoms with E-state index in [0.717, 1.165) is 17.7 Å². The molecule has 0 aliphatic heterocycles. The molecular formula is C10H13F3S. The second-order valence-corrected chi connectivity index (χ2v) is 2.67. The Labute approximate surface area is 87.5 Å². The van der Waals surface area contributed by atoms with Crippen molar-refractivity contribution in [2.75, 3.05) is 0 Å². The Morgan fingerprint density at radius 3 is 1.79 bits per heavy atom. The number of thiol groups is 1. The summed E-state index contributed by atoms with van der Waals surface area (Å²) < 4.78 is 36.0. The summed E-state index contributed by atoms with van der Waals surface area (Å²) in [6.45, 7) is 4.00. The molecule has 1 rings (SSSR count). The molecule has 1 aromatic rings. The molecule has 0 aliphatic rings. The third-order valence-electron chi connectivity index (χ3n) is 1.46. The molecule has 0 radical (unpaired) electrons. The molecule has 0 unspecified atom stereocenters. The third kappa shape index (κ3) is 4.05. The summed E-state index contributed by atoms with van der Waals surface area (Å²) in [5.74, 6) is 0.456. The molecule has 80 valence electrons. The lowest BCUT2D eigenvalue weighted by molar-refractivity contribution is -0.137. The van der Waals surface area contributed by atoms with Crippen LogP contribution in [0.25, 0.3) is 0 Å². The van der Waals surface area contributed by atoms with E-state index in [2.05, 4.69) is 12.6 Å². The summed E-state index contributed by atoms with van der Waals surface area (Å²) in [5, 5.41) is 0. The highest BCUT2D eigenvalue weighted by Crippen LogP contribution is 2.29. The van der Waals surface area contributed by atoms with Crippen LogP contribution in [0.4, 0.5) is 13.2 Å². The van der Waals surface area contributed by atoms with E-state index in [9.17, 15) is 13.2 Å².